The molecule has 1 saturated heterocycles. The molecule has 0 saturated carbocycles. The zero-order valence-electron chi connectivity index (χ0n) is 9.60. The molecule has 1 aromatic rings. The smallest absolute Gasteiger partial charge is 0.262 e. The van der Waals surface area contributed by atoms with Gasteiger partial charge in [-0.05, 0) is 30.6 Å². The summed E-state index contributed by atoms with van der Waals surface area (Å²) in [6.07, 6.45) is 3.06. The van der Waals surface area contributed by atoms with Crippen molar-refractivity contribution in [3.05, 3.63) is 47.5 Å². The molecule has 0 radical (unpaired) electrons. The van der Waals surface area contributed by atoms with Gasteiger partial charge in [-0.2, -0.15) is 0 Å². The molecule has 0 bridgehead atoms. The summed E-state index contributed by atoms with van der Waals surface area (Å²) < 4.78 is 0. The maximum absolute atomic E-state index is 11.5. The molecular weight excluding hydrogens is 248 g/mol. The molecule has 0 unspecified atom stereocenters. The van der Waals surface area contributed by atoms with Crippen LogP contribution < -0.4 is 10.6 Å². The van der Waals surface area contributed by atoms with Crippen LogP contribution in [-0.2, 0) is 16.0 Å². The Labute approximate surface area is 110 Å². The normalized spacial score (nSPS) is 15.1. The van der Waals surface area contributed by atoms with Gasteiger partial charge >= 0.3 is 0 Å². The summed E-state index contributed by atoms with van der Waals surface area (Å²) in [5.74, 6) is -0.867. The van der Waals surface area contributed by atoms with Crippen molar-refractivity contribution in [1.29, 1.82) is 0 Å². The highest BCUT2D eigenvalue weighted by Crippen LogP contribution is 2.07. The van der Waals surface area contributed by atoms with Gasteiger partial charge < -0.3 is 0 Å². The fourth-order valence-corrected chi connectivity index (χ4v) is 1.87. The third kappa shape index (κ3) is 3.01. The summed E-state index contributed by atoms with van der Waals surface area (Å²) in [4.78, 5) is 23.1. The zero-order valence-corrected chi connectivity index (χ0v) is 10.4. The van der Waals surface area contributed by atoms with E-state index in [1.54, 1.807) is 6.08 Å². The molecule has 0 spiro atoms. The van der Waals surface area contributed by atoms with Crippen molar-refractivity contribution in [2.75, 3.05) is 0 Å². The van der Waals surface area contributed by atoms with Gasteiger partial charge in [0.1, 0.15) is 5.57 Å². The predicted octanol–water partition coefficient (Wildman–Crippen LogP) is 1.08. The third-order valence-corrected chi connectivity index (χ3v) is 2.77. The molecule has 4 nitrogen and oxygen atoms in total. The summed E-state index contributed by atoms with van der Waals surface area (Å²) in [5, 5.41) is 4.86. The molecule has 1 fully saturated rings. The van der Waals surface area contributed by atoms with Crippen molar-refractivity contribution in [2.45, 2.75) is 12.8 Å². The second-order valence-corrected chi connectivity index (χ2v) is 4.29. The Bertz CT molecular complexity index is 501. The lowest BCUT2D eigenvalue weighted by atomic mass is 10.1. The number of amides is 2. The second kappa shape index (κ2) is 5.55. The van der Waals surface area contributed by atoms with E-state index in [-0.39, 0.29) is 10.7 Å². The SMILES string of the molecule is O=C1NC(=S)NC(=O)C1=CCCc1ccccc1. The van der Waals surface area contributed by atoms with Gasteiger partial charge in [0.15, 0.2) is 5.11 Å². The lowest BCUT2D eigenvalue weighted by Gasteiger charge is -2.16. The fraction of sp³-hybridized carbons (Fsp3) is 0.154. The average Bonchev–Trinajstić information content (AvgIpc) is 2.34. The van der Waals surface area contributed by atoms with Crippen molar-refractivity contribution in [2.24, 2.45) is 0 Å². The lowest BCUT2D eigenvalue weighted by molar-refractivity contribution is -0.123. The summed E-state index contributed by atoms with van der Waals surface area (Å²) in [5.41, 5.74) is 1.29. The number of hydrogen-bond acceptors (Lipinski definition) is 3. The van der Waals surface area contributed by atoms with E-state index in [0.717, 1.165) is 6.42 Å². The van der Waals surface area contributed by atoms with Crippen LogP contribution in [-0.4, -0.2) is 16.9 Å². The van der Waals surface area contributed by atoms with Gasteiger partial charge in [-0.25, -0.2) is 0 Å². The zero-order chi connectivity index (χ0) is 13.0. The van der Waals surface area contributed by atoms with Gasteiger partial charge in [0, 0.05) is 0 Å². The van der Waals surface area contributed by atoms with Gasteiger partial charge in [0.05, 0.1) is 0 Å². The van der Waals surface area contributed by atoms with Crippen molar-refractivity contribution in [1.82, 2.24) is 10.6 Å². The second-order valence-electron chi connectivity index (χ2n) is 3.88. The molecule has 0 aromatic heterocycles. The number of hydrogen-bond donors (Lipinski definition) is 2. The molecular formula is C13H12N2O2S. The van der Waals surface area contributed by atoms with Crippen LogP contribution in [0.2, 0.25) is 0 Å². The number of nitrogens with one attached hydrogen (secondary N) is 2. The topological polar surface area (TPSA) is 58.2 Å². The first-order valence-corrected chi connectivity index (χ1v) is 5.98. The van der Waals surface area contributed by atoms with E-state index in [1.807, 2.05) is 30.3 Å². The van der Waals surface area contributed by atoms with Crippen LogP contribution in [0.25, 0.3) is 0 Å². The van der Waals surface area contributed by atoms with Crippen LogP contribution in [0.3, 0.4) is 0 Å². The molecule has 5 heteroatoms. The minimum Gasteiger partial charge on any atom is -0.299 e. The first kappa shape index (κ1) is 12.4. The predicted molar refractivity (Wildman–Crippen MR) is 71.7 cm³/mol. The Hall–Kier alpha value is -2.01. The van der Waals surface area contributed by atoms with E-state index in [4.69, 9.17) is 12.2 Å². The first-order valence-electron chi connectivity index (χ1n) is 5.57. The fourth-order valence-electron chi connectivity index (χ4n) is 1.69. The minimum absolute atomic E-state index is 0.0604. The lowest BCUT2D eigenvalue weighted by Crippen LogP contribution is -2.51. The minimum atomic E-state index is -0.434. The highest BCUT2D eigenvalue weighted by Gasteiger charge is 2.24. The maximum Gasteiger partial charge on any atom is 0.262 e. The van der Waals surface area contributed by atoms with Crippen LogP contribution in [0.4, 0.5) is 0 Å². The molecule has 0 atom stereocenters. The van der Waals surface area contributed by atoms with Crippen molar-refractivity contribution in [3.8, 4) is 0 Å². The van der Waals surface area contributed by atoms with Gasteiger partial charge in [-0.3, -0.25) is 20.2 Å². The Morgan fingerprint density at radius 3 is 2.28 bits per heavy atom. The maximum atomic E-state index is 11.5. The first-order chi connectivity index (χ1) is 8.66. The van der Waals surface area contributed by atoms with Crippen LogP contribution in [0.15, 0.2) is 42.0 Å². The quantitative estimate of drug-likeness (QED) is 0.486. The van der Waals surface area contributed by atoms with Gasteiger partial charge in [0.25, 0.3) is 11.8 Å². The van der Waals surface area contributed by atoms with Gasteiger partial charge in [0.2, 0.25) is 0 Å². The van der Waals surface area contributed by atoms with Crippen LogP contribution in [0.1, 0.15) is 12.0 Å². The molecule has 18 heavy (non-hydrogen) atoms. The Kier molecular flexibility index (Phi) is 3.84. The van der Waals surface area contributed by atoms with E-state index < -0.39 is 11.8 Å². The van der Waals surface area contributed by atoms with Crippen molar-refractivity contribution < 1.29 is 9.59 Å². The molecule has 2 N–H and O–H groups in total. The number of benzene rings is 1. The van der Waals surface area contributed by atoms with E-state index in [9.17, 15) is 9.59 Å². The number of rotatable bonds is 3. The molecule has 2 amide bonds. The molecule has 0 aliphatic carbocycles. The van der Waals surface area contributed by atoms with Crippen molar-refractivity contribution >= 4 is 29.1 Å². The third-order valence-electron chi connectivity index (χ3n) is 2.57. The Morgan fingerprint density at radius 2 is 1.67 bits per heavy atom. The molecule has 1 aliphatic rings. The average molecular weight is 260 g/mol. The molecule has 1 aromatic carbocycles. The highest BCUT2D eigenvalue weighted by atomic mass is 32.1. The number of carbonyl (C=O) groups is 2. The van der Waals surface area contributed by atoms with E-state index in [0.29, 0.717) is 6.42 Å². The standard InChI is InChI=1S/C13H12N2O2S/c16-11-10(12(17)15-13(18)14-11)8-4-7-9-5-2-1-3-6-9/h1-3,5-6,8H,4,7H2,(H2,14,15,16,17,18). The number of allylic oxidation sites excluding steroid dienone is 1. The monoisotopic (exact) mass is 260 g/mol. The molecule has 1 aliphatic heterocycles. The van der Waals surface area contributed by atoms with E-state index in [1.165, 1.54) is 5.56 Å². The number of carbonyl (C=O) groups excluding carboxylic acids is 2. The summed E-state index contributed by atoms with van der Waals surface area (Å²) in [7, 11) is 0. The van der Waals surface area contributed by atoms with E-state index >= 15 is 0 Å². The number of aryl methyl sites for hydroxylation is 1. The van der Waals surface area contributed by atoms with Gasteiger partial charge in [-0.15, -0.1) is 0 Å². The largest absolute Gasteiger partial charge is 0.299 e. The molecule has 92 valence electrons. The Balaban J connectivity index is 1.99. The van der Waals surface area contributed by atoms with Crippen LogP contribution >= 0.6 is 12.2 Å². The van der Waals surface area contributed by atoms with Gasteiger partial charge in [-0.1, -0.05) is 36.4 Å². The van der Waals surface area contributed by atoms with Crippen LogP contribution in [0.5, 0.6) is 0 Å². The highest BCUT2D eigenvalue weighted by molar-refractivity contribution is 7.80. The van der Waals surface area contributed by atoms with E-state index in [2.05, 4.69) is 10.6 Å². The molecule has 2 rings (SSSR count). The molecule has 1 heterocycles. The summed E-state index contributed by atoms with van der Waals surface area (Å²) in [6.45, 7) is 0. The van der Waals surface area contributed by atoms with Crippen LogP contribution in [0, 0.1) is 0 Å². The van der Waals surface area contributed by atoms with Crippen molar-refractivity contribution in [3.63, 3.8) is 0 Å². The summed E-state index contributed by atoms with van der Waals surface area (Å²) in [6, 6.07) is 9.89. The number of thiocarbonyl (C=S) groups is 1. The Morgan fingerprint density at radius 1 is 1.06 bits per heavy atom. The summed E-state index contributed by atoms with van der Waals surface area (Å²) >= 11 is 4.71.